The zero-order chi connectivity index (χ0) is 19.7. The van der Waals surface area contributed by atoms with Gasteiger partial charge in [0.25, 0.3) is 0 Å². The minimum absolute atomic E-state index is 0.0386. The molecule has 0 radical (unpaired) electrons. The van der Waals surface area contributed by atoms with Gasteiger partial charge in [-0.2, -0.15) is 0 Å². The number of aromatic nitrogens is 2. The number of phenolic OH excluding ortho intramolecular Hbond substituents is 1. The third-order valence-electron chi connectivity index (χ3n) is 5.07. The van der Waals surface area contributed by atoms with Crippen molar-refractivity contribution in [3.8, 4) is 5.75 Å². The van der Waals surface area contributed by atoms with Crippen LogP contribution in [0.4, 0.5) is 0 Å². The molecule has 0 bridgehead atoms. The van der Waals surface area contributed by atoms with Crippen molar-refractivity contribution in [1.29, 1.82) is 0 Å². The van der Waals surface area contributed by atoms with Gasteiger partial charge in [0.05, 0.1) is 38.2 Å². The van der Waals surface area contributed by atoms with Crippen LogP contribution in [-0.2, 0) is 0 Å². The fourth-order valence-electron chi connectivity index (χ4n) is 3.71. The van der Waals surface area contributed by atoms with Crippen LogP contribution in [0, 0.1) is 0 Å². The first-order chi connectivity index (χ1) is 13.4. The first kappa shape index (κ1) is 16.5. The number of nitrogens with two attached hydrogens (primary N) is 2. The molecule has 0 amide bonds. The summed E-state index contributed by atoms with van der Waals surface area (Å²) in [5, 5.41) is 11.4. The quantitative estimate of drug-likeness (QED) is 0.276. The fourth-order valence-corrected chi connectivity index (χ4v) is 3.88. The normalized spacial score (nSPS) is 11.8. The van der Waals surface area contributed by atoms with Crippen molar-refractivity contribution in [2.75, 3.05) is 11.7 Å². The van der Waals surface area contributed by atoms with E-state index >= 15 is 0 Å². The Bertz CT molecular complexity index is 1480. The fraction of sp³-hybridized carbons (Fsp3) is 0. The number of rotatable bonds is 0. The summed E-state index contributed by atoms with van der Waals surface area (Å²) in [6, 6.07) is 12.3. The third kappa shape index (κ3) is 2.04. The van der Waals surface area contributed by atoms with Crippen LogP contribution in [0.5, 0.6) is 5.75 Å². The van der Waals surface area contributed by atoms with Crippen molar-refractivity contribution >= 4 is 55.2 Å². The van der Waals surface area contributed by atoms with Gasteiger partial charge in [-0.1, -0.05) is 11.6 Å². The Hall–Kier alpha value is -3.71. The third-order valence-corrected chi connectivity index (χ3v) is 5.30. The molecular weight excluding hydrogens is 380 g/mol. The van der Waals surface area contributed by atoms with Crippen LogP contribution in [-0.4, -0.2) is 14.5 Å². The van der Waals surface area contributed by atoms with E-state index in [0.717, 1.165) is 0 Å². The summed E-state index contributed by atoms with van der Waals surface area (Å²) in [4.78, 5) is 26.1. The highest BCUT2D eigenvalue weighted by molar-refractivity contribution is 6.31. The molecule has 0 aliphatic heterocycles. The Morgan fingerprint density at radius 2 is 1.14 bits per heavy atom. The lowest BCUT2D eigenvalue weighted by atomic mass is 10.0. The van der Waals surface area contributed by atoms with Gasteiger partial charge in [0.15, 0.2) is 10.9 Å². The SMILES string of the molecule is Nn1c2ccc(O)cc2c(=O)c2cc3c(cc21)c(=O)c1cc(Cl)ccc1n3N. The van der Waals surface area contributed by atoms with Crippen molar-refractivity contribution in [2.45, 2.75) is 0 Å². The van der Waals surface area contributed by atoms with Gasteiger partial charge < -0.3 is 16.8 Å². The van der Waals surface area contributed by atoms with E-state index in [0.29, 0.717) is 43.2 Å². The molecule has 0 aliphatic carbocycles. The topological polar surface area (TPSA) is 116 Å². The Labute approximate surface area is 161 Å². The average molecular weight is 393 g/mol. The smallest absolute Gasteiger partial charge is 0.197 e. The van der Waals surface area contributed by atoms with Crippen LogP contribution in [0.15, 0.2) is 58.1 Å². The lowest BCUT2D eigenvalue weighted by Crippen LogP contribution is -2.20. The standard InChI is InChI=1S/C20H13ClN4O3/c21-9-1-3-15-11(5-9)19(27)13-7-18-14(8-17(13)24(15)22)20(28)12-6-10(26)2-4-16(12)25(18)23/h1-8,26H,22-23H2. The van der Waals surface area contributed by atoms with Crippen molar-refractivity contribution in [3.63, 3.8) is 0 Å². The second kappa shape index (κ2) is 5.40. The van der Waals surface area contributed by atoms with Gasteiger partial charge in [-0.05, 0) is 48.5 Å². The Kier molecular flexibility index (Phi) is 3.18. The summed E-state index contributed by atoms with van der Waals surface area (Å²) in [6.07, 6.45) is 0. The van der Waals surface area contributed by atoms with E-state index in [-0.39, 0.29) is 22.0 Å². The average Bonchev–Trinajstić information content (AvgIpc) is 2.69. The van der Waals surface area contributed by atoms with Crippen LogP contribution >= 0.6 is 11.6 Å². The summed E-state index contributed by atoms with van der Waals surface area (Å²) < 4.78 is 2.68. The Morgan fingerprint density at radius 3 is 1.71 bits per heavy atom. The predicted octanol–water partition coefficient (Wildman–Crippen LogP) is 2.41. The number of nitrogens with zero attached hydrogens (tertiary/aromatic N) is 2. The van der Waals surface area contributed by atoms with Gasteiger partial charge in [-0.25, -0.2) is 0 Å². The van der Waals surface area contributed by atoms with Crippen LogP contribution in [0.1, 0.15) is 0 Å². The molecule has 0 saturated heterocycles. The number of hydrogen-bond donors (Lipinski definition) is 3. The summed E-state index contributed by atoms with van der Waals surface area (Å²) in [7, 11) is 0. The summed E-state index contributed by atoms with van der Waals surface area (Å²) in [5.74, 6) is 12.4. The molecule has 28 heavy (non-hydrogen) atoms. The van der Waals surface area contributed by atoms with Gasteiger partial charge in [0.1, 0.15) is 5.75 Å². The number of pyridine rings is 2. The minimum atomic E-state index is -0.312. The molecule has 0 saturated carbocycles. The first-order valence-corrected chi connectivity index (χ1v) is 8.74. The second-order valence-corrected chi connectivity index (χ2v) is 7.08. The molecular formula is C20H13ClN4O3. The number of phenols is 1. The van der Waals surface area contributed by atoms with Gasteiger partial charge in [0.2, 0.25) is 0 Å². The molecule has 0 atom stereocenters. The molecule has 5 aromatic rings. The lowest BCUT2D eigenvalue weighted by molar-refractivity contribution is 0.476. The molecule has 0 unspecified atom stereocenters. The van der Waals surface area contributed by atoms with E-state index in [4.69, 9.17) is 23.3 Å². The molecule has 0 aliphatic rings. The molecule has 2 heterocycles. The minimum Gasteiger partial charge on any atom is -0.508 e. The van der Waals surface area contributed by atoms with E-state index in [2.05, 4.69) is 0 Å². The zero-order valence-electron chi connectivity index (χ0n) is 14.3. The van der Waals surface area contributed by atoms with Gasteiger partial charge >= 0.3 is 0 Å². The summed E-state index contributed by atoms with van der Waals surface area (Å²) in [6.45, 7) is 0. The molecule has 5 rings (SSSR count). The molecule has 0 spiro atoms. The number of benzene rings is 3. The number of hydrogen-bond acceptors (Lipinski definition) is 5. The van der Waals surface area contributed by atoms with E-state index in [1.807, 2.05) is 0 Å². The van der Waals surface area contributed by atoms with Crippen molar-refractivity contribution < 1.29 is 5.11 Å². The van der Waals surface area contributed by atoms with Crippen LogP contribution in [0.2, 0.25) is 5.02 Å². The first-order valence-electron chi connectivity index (χ1n) is 8.36. The molecule has 5 N–H and O–H groups in total. The maximum atomic E-state index is 13.1. The van der Waals surface area contributed by atoms with Gasteiger partial charge in [0, 0.05) is 10.4 Å². The van der Waals surface area contributed by atoms with E-state index in [1.165, 1.54) is 21.5 Å². The summed E-state index contributed by atoms with van der Waals surface area (Å²) >= 11 is 6.04. The van der Waals surface area contributed by atoms with E-state index < -0.39 is 0 Å². The monoisotopic (exact) mass is 392 g/mol. The van der Waals surface area contributed by atoms with Crippen molar-refractivity contribution in [2.24, 2.45) is 0 Å². The van der Waals surface area contributed by atoms with E-state index in [1.54, 1.807) is 36.4 Å². The lowest BCUT2D eigenvalue weighted by Gasteiger charge is -2.14. The van der Waals surface area contributed by atoms with Crippen LogP contribution in [0.25, 0.3) is 43.6 Å². The van der Waals surface area contributed by atoms with E-state index in [9.17, 15) is 14.7 Å². The van der Waals surface area contributed by atoms with Crippen LogP contribution < -0.4 is 22.5 Å². The highest BCUT2D eigenvalue weighted by atomic mass is 35.5. The second-order valence-electron chi connectivity index (χ2n) is 6.65. The number of nitrogen functional groups attached to an aromatic ring is 2. The molecule has 7 nitrogen and oxygen atoms in total. The molecule has 8 heteroatoms. The Balaban J connectivity index is 2.08. The Morgan fingerprint density at radius 1 is 0.679 bits per heavy atom. The highest BCUT2D eigenvalue weighted by Gasteiger charge is 2.16. The van der Waals surface area contributed by atoms with Crippen molar-refractivity contribution in [3.05, 3.63) is 74.0 Å². The zero-order valence-corrected chi connectivity index (χ0v) is 15.1. The maximum Gasteiger partial charge on any atom is 0.197 e. The molecule has 3 aromatic carbocycles. The molecule has 138 valence electrons. The van der Waals surface area contributed by atoms with Gasteiger partial charge in [-0.3, -0.25) is 18.9 Å². The highest BCUT2D eigenvalue weighted by Crippen LogP contribution is 2.26. The number of fused-ring (bicyclic) bond motifs is 4. The van der Waals surface area contributed by atoms with Crippen LogP contribution in [0.3, 0.4) is 0 Å². The van der Waals surface area contributed by atoms with Crippen molar-refractivity contribution in [1.82, 2.24) is 9.35 Å². The number of halogens is 1. The molecule has 2 aromatic heterocycles. The number of aromatic hydroxyl groups is 1. The maximum absolute atomic E-state index is 13.1. The summed E-state index contributed by atoms with van der Waals surface area (Å²) in [5.41, 5.74) is 1.14. The predicted molar refractivity (Wildman–Crippen MR) is 112 cm³/mol. The largest absolute Gasteiger partial charge is 0.508 e. The molecule has 0 fully saturated rings. The van der Waals surface area contributed by atoms with Gasteiger partial charge in [-0.15, -0.1) is 0 Å².